The Hall–Kier alpha value is -2.15. The summed E-state index contributed by atoms with van der Waals surface area (Å²) in [6.07, 6.45) is 1.62. The van der Waals surface area contributed by atoms with Crippen molar-refractivity contribution in [3.8, 4) is 6.07 Å². The lowest BCUT2D eigenvalue weighted by molar-refractivity contribution is -0.123. The summed E-state index contributed by atoms with van der Waals surface area (Å²) in [7, 11) is 0. The van der Waals surface area contributed by atoms with Gasteiger partial charge in [0.2, 0.25) is 5.91 Å². The van der Waals surface area contributed by atoms with Crippen LogP contribution in [0.4, 0.5) is 4.39 Å². The van der Waals surface area contributed by atoms with Gasteiger partial charge < -0.3 is 5.32 Å². The van der Waals surface area contributed by atoms with Gasteiger partial charge in [0.1, 0.15) is 5.82 Å². The Bertz CT molecular complexity index is 613. The molecule has 1 aromatic carbocycles. The molecule has 0 fully saturated rings. The first-order valence-corrected chi connectivity index (χ1v) is 6.13. The Labute approximate surface area is 111 Å². The van der Waals surface area contributed by atoms with E-state index in [4.69, 9.17) is 0 Å². The molecular weight excluding hydrogens is 243 g/mol. The van der Waals surface area contributed by atoms with Crippen LogP contribution in [0.25, 0.3) is 5.57 Å². The van der Waals surface area contributed by atoms with E-state index in [-0.39, 0.29) is 17.8 Å². The topological polar surface area (TPSA) is 52.9 Å². The van der Waals surface area contributed by atoms with Crippen molar-refractivity contribution in [1.29, 1.82) is 5.26 Å². The van der Waals surface area contributed by atoms with E-state index in [1.54, 1.807) is 25.1 Å². The van der Waals surface area contributed by atoms with Crippen LogP contribution in [0.3, 0.4) is 0 Å². The van der Waals surface area contributed by atoms with Crippen molar-refractivity contribution in [3.63, 3.8) is 0 Å². The van der Waals surface area contributed by atoms with E-state index in [1.807, 2.05) is 19.9 Å². The molecule has 1 atom stereocenters. The smallest absolute Gasteiger partial charge is 0.249 e. The number of hydrogen-bond donors (Lipinski definition) is 1. The third-order valence-electron chi connectivity index (χ3n) is 3.13. The summed E-state index contributed by atoms with van der Waals surface area (Å²) in [6.45, 7) is 5.34. The Kier molecular flexibility index (Phi) is 3.15. The molecule has 1 aliphatic carbocycles. The van der Waals surface area contributed by atoms with Gasteiger partial charge in [0, 0.05) is 6.04 Å². The molecule has 0 saturated carbocycles. The van der Waals surface area contributed by atoms with Crippen LogP contribution in [0.2, 0.25) is 0 Å². The molecule has 1 amide bonds. The van der Waals surface area contributed by atoms with Gasteiger partial charge in [-0.25, -0.2) is 4.39 Å². The number of carbonyl (C=O) groups is 1. The molecule has 1 unspecified atom stereocenters. The first kappa shape index (κ1) is 13.3. The van der Waals surface area contributed by atoms with Crippen molar-refractivity contribution in [2.45, 2.75) is 26.8 Å². The highest BCUT2D eigenvalue weighted by molar-refractivity contribution is 6.11. The summed E-state index contributed by atoms with van der Waals surface area (Å²) in [4.78, 5) is 12.0. The highest BCUT2D eigenvalue weighted by Crippen LogP contribution is 2.50. The lowest BCUT2D eigenvalue weighted by atomic mass is 9.95. The molecule has 3 nitrogen and oxygen atoms in total. The average Bonchev–Trinajstić information content (AvgIpc) is 3.08. The maximum atomic E-state index is 13.2. The zero-order chi connectivity index (χ0) is 14.2. The highest BCUT2D eigenvalue weighted by atomic mass is 19.1. The van der Waals surface area contributed by atoms with Crippen molar-refractivity contribution in [1.82, 2.24) is 5.32 Å². The highest BCUT2D eigenvalue weighted by Gasteiger charge is 2.52. The predicted octanol–water partition coefficient (Wildman–Crippen LogP) is 2.57. The minimum Gasteiger partial charge on any atom is -0.352 e. The van der Waals surface area contributed by atoms with E-state index >= 15 is 0 Å². The Morgan fingerprint density at radius 3 is 2.68 bits per heavy atom. The van der Waals surface area contributed by atoms with Crippen LogP contribution in [0, 0.1) is 29.5 Å². The van der Waals surface area contributed by atoms with E-state index in [9.17, 15) is 14.4 Å². The summed E-state index contributed by atoms with van der Waals surface area (Å²) in [5.74, 6) is -0.610. The molecule has 0 saturated heterocycles. The number of benzene rings is 1. The minimum absolute atomic E-state index is 0.0251. The second kappa shape index (κ2) is 4.51. The Morgan fingerprint density at radius 1 is 1.47 bits per heavy atom. The first-order chi connectivity index (χ1) is 8.90. The molecule has 98 valence electrons. The summed E-state index contributed by atoms with van der Waals surface area (Å²) in [5, 5.41) is 12.0. The van der Waals surface area contributed by atoms with E-state index in [0.29, 0.717) is 11.1 Å². The molecule has 1 aromatic rings. The van der Waals surface area contributed by atoms with Crippen LogP contribution in [-0.2, 0) is 4.79 Å². The number of amides is 1. The van der Waals surface area contributed by atoms with Gasteiger partial charge >= 0.3 is 0 Å². The van der Waals surface area contributed by atoms with Gasteiger partial charge in [-0.05, 0) is 55.7 Å². The SMILES string of the molecule is Cc1cc(C2=CC2(C#N)C(=O)NC(C)C)ccc1F. The van der Waals surface area contributed by atoms with Crippen LogP contribution in [0.5, 0.6) is 0 Å². The fourth-order valence-corrected chi connectivity index (χ4v) is 2.01. The van der Waals surface area contributed by atoms with Crippen LogP contribution in [0.15, 0.2) is 24.3 Å². The molecule has 0 heterocycles. The number of carbonyl (C=O) groups excluding carboxylic acids is 1. The van der Waals surface area contributed by atoms with Crippen molar-refractivity contribution in [2.75, 3.05) is 0 Å². The molecule has 0 aliphatic heterocycles. The van der Waals surface area contributed by atoms with Crippen LogP contribution >= 0.6 is 0 Å². The second-order valence-corrected chi connectivity index (χ2v) is 5.07. The Morgan fingerprint density at radius 2 is 2.16 bits per heavy atom. The van der Waals surface area contributed by atoms with E-state index in [0.717, 1.165) is 5.56 Å². The minimum atomic E-state index is -1.19. The van der Waals surface area contributed by atoms with Gasteiger partial charge in [0.05, 0.1) is 6.07 Å². The number of aryl methyl sites for hydroxylation is 1. The van der Waals surface area contributed by atoms with Gasteiger partial charge in [0.15, 0.2) is 5.41 Å². The number of nitrogens with one attached hydrogen (secondary N) is 1. The molecule has 4 heteroatoms. The first-order valence-electron chi connectivity index (χ1n) is 6.13. The number of nitrogens with zero attached hydrogens (tertiary/aromatic N) is 1. The van der Waals surface area contributed by atoms with Crippen molar-refractivity contribution < 1.29 is 9.18 Å². The predicted molar refractivity (Wildman–Crippen MR) is 70.4 cm³/mol. The average molecular weight is 258 g/mol. The monoisotopic (exact) mass is 258 g/mol. The number of halogens is 1. The number of nitriles is 1. The largest absolute Gasteiger partial charge is 0.352 e. The van der Waals surface area contributed by atoms with Gasteiger partial charge in [-0.1, -0.05) is 6.07 Å². The normalized spacial score (nSPS) is 20.7. The van der Waals surface area contributed by atoms with Crippen molar-refractivity contribution in [2.24, 2.45) is 5.41 Å². The molecule has 0 bridgehead atoms. The third-order valence-corrected chi connectivity index (χ3v) is 3.13. The molecular formula is C15H15FN2O. The molecule has 0 spiro atoms. The Balaban J connectivity index is 2.25. The third kappa shape index (κ3) is 2.24. The van der Waals surface area contributed by atoms with Gasteiger partial charge in [-0.2, -0.15) is 5.26 Å². The quantitative estimate of drug-likeness (QED) is 0.905. The molecule has 1 N–H and O–H groups in total. The summed E-state index contributed by atoms with van der Waals surface area (Å²) < 4.78 is 13.2. The maximum Gasteiger partial charge on any atom is 0.249 e. The molecule has 19 heavy (non-hydrogen) atoms. The lowest BCUT2D eigenvalue weighted by Gasteiger charge is -2.13. The zero-order valence-corrected chi connectivity index (χ0v) is 11.1. The van der Waals surface area contributed by atoms with Crippen LogP contribution in [-0.4, -0.2) is 11.9 Å². The lowest BCUT2D eigenvalue weighted by Crippen LogP contribution is -2.37. The van der Waals surface area contributed by atoms with Crippen molar-refractivity contribution >= 4 is 11.5 Å². The van der Waals surface area contributed by atoms with Crippen molar-refractivity contribution in [3.05, 3.63) is 41.2 Å². The van der Waals surface area contributed by atoms with E-state index in [2.05, 4.69) is 5.32 Å². The van der Waals surface area contributed by atoms with Gasteiger partial charge in [-0.15, -0.1) is 0 Å². The van der Waals surface area contributed by atoms with Gasteiger partial charge in [-0.3, -0.25) is 4.79 Å². The van der Waals surface area contributed by atoms with E-state index in [1.165, 1.54) is 6.07 Å². The second-order valence-electron chi connectivity index (χ2n) is 5.07. The van der Waals surface area contributed by atoms with Crippen LogP contribution < -0.4 is 5.32 Å². The number of hydrogen-bond acceptors (Lipinski definition) is 2. The molecule has 0 radical (unpaired) electrons. The molecule has 1 aliphatic rings. The van der Waals surface area contributed by atoms with Crippen LogP contribution in [0.1, 0.15) is 25.0 Å². The summed E-state index contributed by atoms with van der Waals surface area (Å²) in [5.41, 5.74) is 0.686. The van der Waals surface area contributed by atoms with Gasteiger partial charge in [0.25, 0.3) is 0 Å². The van der Waals surface area contributed by atoms with E-state index < -0.39 is 5.41 Å². The number of rotatable bonds is 3. The summed E-state index contributed by atoms with van der Waals surface area (Å²) >= 11 is 0. The molecule has 0 aromatic heterocycles. The fourth-order valence-electron chi connectivity index (χ4n) is 2.01. The fraction of sp³-hybridized carbons (Fsp3) is 0.333. The zero-order valence-electron chi connectivity index (χ0n) is 11.1. The standard InChI is InChI=1S/C15H15FN2O/c1-9(2)18-14(19)15(8-17)7-12(15)11-4-5-13(16)10(3)6-11/h4-7,9H,1-3H3,(H,18,19). The molecule has 2 rings (SSSR count). The maximum absolute atomic E-state index is 13.2. The summed E-state index contributed by atoms with van der Waals surface area (Å²) in [6, 6.07) is 6.62.